The summed E-state index contributed by atoms with van der Waals surface area (Å²) in [5, 5.41) is 14.6. The normalized spacial score (nSPS) is 16.4. The van der Waals surface area contributed by atoms with Gasteiger partial charge in [0.25, 0.3) is 0 Å². The van der Waals surface area contributed by atoms with Crippen LogP contribution in [0.4, 0.5) is 0 Å². The van der Waals surface area contributed by atoms with Gasteiger partial charge < -0.3 is 4.57 Å². The molecule has 2 aromatic rings. The highest BCUT2D eigenvalue weighted by molar-refractivity contribution is 7.13. The predicted octanol–water partition coefficient (Wildman–Crippen LogP) is 2.26. The molecular weight excluding hydrogens is 244 g/mol. The zero-order valence-corrected chi connectivity index (χ0v) is 10.7. The molecule has 92 valence electrons. The van der Waals surface area contributed by atoms with Crippen LogP contribution in [0, 0.1) is 11.3 Å². The molecule has 0 aromatic carbocycles. The SMILES string of the molecule is N#CC(Cn1ccnc1-c1cccs1)NC1CC1. The zero-order valence-electron chi connectivity index (χ0n) is 9.91. The highest BCUT2D eigenvalue weighted by atomic mass is 32.1. The summed E-state index contributed by atoms with van der Waals surface area (Å²) in [5.74, 6) is 0.947. The van der Waals surface area contributed by atoms with Crippen molar-refractivity contribution in [1.29, 1.82) is 5.26 Å². The lowest BCUT2D eigenvalue weighted by Crippen LogP contribution is -2.33. The summed E-state index contributed by atoms with van der Waals surface area (Å²) in [6.45, 7) is 0.653. The molecule has 1 aliphatic carbocycles. The Kier molecular flexibility index (Phi) is 3.13. The van der Waals surface area contributed by atoms with Gasteiger partial charge in [-0.2, -0.15) is 5.26 Å². The maximum Gasteiger partial charge on any atom is 0.150 e. The highest BCUT2D eigenvalue weighted by Crippen LogP contribution is 2.24. The Balaban J connectivity index is 1.76. The maximum absolute atomic E-state index is 9.18. The van der Waals surface area contributed by atoms with Crippen LogP contribution < -0.4 is 5.32 Å². The van der Waals surface area contributed by atoms with E-state index >= 15 is 0 Å². The first kappa shape index (κ1) is 11.5. The summed E-state index contributed by atoms with van der Waals surface area (Å²) >= 11 is 1.67. The smallest absolute Gasteiger partial charge is 0.150 e. The molecule has 4 nitrogen and oxygen atoms in total. The molecule has 18 heavy (non-hydrogen) atoms. The zero-order chi connectivity index (χ0) is 12.4. The molecule has 1 unspecified atom stereocenters. The van der Waals surface area contributed by atoms with Crippen LogP contribution in [0.15, 0.2) is 29.9 Å². The summed E-state index contributed by atoms with van der Waals surface area (Å²) in [6.07, 6.45) is 6.12. The van der Waals surface area contributed by atoms with E-state index in [1.165, 1.54) is 12.8 Å². The van der Waals surface area contributed by atoms with Crippen molar-refractivity contribution in [3.05, 3.63) is 29.9 Å². The van der Waals surface area contributed by atoms with E-state index < -0.39 is 0 Å². The molecule has 5 heteroatoms. The molecule has 0 aliphatic heterocycles. The fourth-order valence-corrected chi connectivity index (χ4v) is 2.69. The summed E-state index contributed by atoms with van der Waals surface area (Å²) in [7, 11) is 0. The van der Waals surface area contributed by atoms with Gasteiger partial charge in [0.15, 0.2) is 0 Å². The van der Waals surface area contributed by atoms with E-state index in [9.17, 15) is 5.26 Å². The van der Waals surface area contributed by atoms with E-state index in [1.807, 2.05) is 17.6 Å². The number of nitriles is 1. The van der Waals surface area contributed by atoms with Crippen LogP contribution >= 0.6 is 11.3 Å². The van der Waals surface area contributed by atoms with E-state index in [2.05, 4.69) is 27.0 Å². The Morgan fingerprint density at radius 3 is 3.17 bits per heavy atom. The first-order valence-electron chi connectivity index (χ1n) is 6.07. The average Bonchev–Trinajstić information content (AvgIpc) is 2.88. The molecule has 1 N–H and O–H groups in total. The Hall–Kier alpha value is -1.64. The third-order valence-corrected chi connectivity index (χ3v) is 3.87. The Morgan fingerprint density at radius 2 is 2.50 bits per heavy atom. The largest absolute Gasteiger partial charge is 0.328 e. The lowest BCUT2D eigenvalue weighted by molar-refractivity contribution is 0.522. The van der Waals surface area contributed by atoms with E-state index in [-0.39, 0.29) is 6.04 Å². The lowest BCUT2D eigenvalue weighted by atomic mass is 10.3. The van der Waals surface area contributed by atoms with Gasteiger partial charge in [0.1, 0.15) is 11.9 Å². The standard InChI is InChI=1S/C13H14N4S/c14-8-11(16-10-3-4-10)9-17-6-5-15-13(17)12-2-1-7-18-12/h1-2,5-7,10-11,16H,3-4,9H2. The summed E-state index contributed by atoms with van der Waals surface area (Å²) in [4.78, 5) is 5.52. The second-order valence-electron chi connectivity index (χ2n) is 4.50. The van der Waals surface area contributed by atoms with Gasteiger partial charge in [0, 0.05) is 18.4 Å². The first-order chi connectivity index (χ1) is 8.86. The molecule has 1 fully saturated rings. The monoisotopic (exact) mass is 258 g/mol. The number of hydrogen-bond donors (Lipinski definition) is 1. The van der Waals surface area contributed by atoms with Crippen molar-refractivity contribution < 1.29 is 0 Å². The molecule has 3 rings (SSSR count). The second-order valence-corrected chi connectivity index (χ2v) is 5.45. The van der Waals surface area contributed by atoms with Crippen molar-refractivity contribution in [3.8, 4) is 16.8 Å². The van der Waals surface area contributed by atoms with Gasteiger partial charge >= 0.3 is 0 Å². The quantitative estimate of drug-likeness (QED) is 0.895. The molecule has 0 spiro atoms. The number of rotatable bonds is 5. The van der Waals surface area contributed by atoms with Crippen LogP contribution in [0.5, 0.6) is 0 Å². The Labute approximate surface area is 110 Å². The van der Waals surface area contributed by atoms with Crippen LogP contribution in [0.1, 0.15) is 12.8 Å². The fourth-order valence-electron chi connectivity index (χ4n) is 1.95. The molecule has 1 atom stereocenters. The summed E-state index contributed by atoms with van der Waals surface area (Å²) in [5.41, 5.74) is 0. The maximum atomic E-state index is 9.18. The third-order valence-electron chi connectivity index (χ3n) is 3.01. The number of hydrogen-bond acceptors (Lipinski definition) is 4. The minimum Gasteiger partial charge on any atom is -0.328 e. The molecule has 0 radical (unpaired) electrons. The van der Waals surface area contributed by atoms with Crippen LogP contribution in [-0.2, 0) is 6.54 Å². The number of aromatic nitrogens is 2. The highest BCUT2D eigenvalue weighted by Gasteiger charge is 2.25. The first-order valence-corrected chi connectivity index (χ1v) is 6.95. The molecule has 0 saturated heterocycles. The number of nitrogens with one attached hydrogen (secondary N) is 1. The third kappa shape index (κ3) is 2.45. The van der Waals surface area contributed by atoms with Gasteiger partial charge in [-0.3, -0.25) is 5.32 Å². The van der Waals surface area contributed by atoms with E-state index in [0.29, 0.717) is 12.6 Å². The molecule has 0 amide bonds. The topological polar surface area (TPSA) is 53.6 Å². The molecular formula is C13H14N4S. The predicted molar refractivity (Wildman–Crippen MR) is 71.1 cm³/mol. The minimum absolute atomic E-state index is 0.134. The Bertz CT molecular complexity index is 548. The van der Waals surface area contributed by atoms with Crippen molar-refractivity contribution in [1.82, 2.24) is 14.9 Å². The lowest BCUT2D eigenvalue weighted by Gasteiger charge is -2.13. The summed E-state index contributed by atoms with van der Waals surface area (Å²) in [6, 6.07) is 6.81. The van der Waals surface area contributed by atoms with Crippen molar-refractivity contribution >= 4 is 11.3 Å². The number of imidazole rings is 1. The minimum atomic E-state index is -0.134. The van der Waals surface area contributed by atoms with Gasteiger partial charge in [0.05, 0.1) is 17.5 Å². The molecule has 0 bridgehead atoms. The molecule has 2 aromatic heterocycles. The summed E-state index contributed by atoms with van der Waals surface area (Å²) < 4.78 is 2.05. The van der Waals surface area contributed by atoms with Gasteiger partial charge in [-0.1, -0.05) is 6.07 Å². The van der Waals surface area contributed by atoms with Crippen molar-refractivity contribution in [2.24, 2.45) is 0 Å². The van der Waals surface area contributed by atoms with Crippen LogP contribution in [0.3, 0.4) is 0 Å². The van der Waals surface area contributed by atoms with Gasteiger partial charge in [-0.25, -0.2) is 4.98 Å². The number of nitrogens with zero attached hydrogens (tertiary/aromatic N) is 3. The molecule has 2 heterocycles. The molecule has 1 saturated carbocycles. The number of thiophene rings is 1. The second kappa shape index (κ2) is 4.92. The van der Waals surface area contributed by atoms with Gasteiger partial charge in [-0.15, -0.1) is 11.3 Å². The Morgan fingerprint density at radius 1 is 1.61 bits per heavy atom. The van der Waals surface area contributed by atoms with Crippen molar-refractivity contribution in [2.75, 3.05) is 0 Å². The van der Waals surface area contributed by atoms with E-state index in [1.54, 1.807) is 17.5 Å². The average molecular weight is 258 g/mol. The van der Waals surface area contributed by atoms with Crippen LogP contribution in [-0.4, -0.2) is 21.6 Å². The van der Waals surface area contributed by atoms with Crippen molar-refractivity contribution in [3.63, 3.8) is 0 Å². The van der Waals surface area contributed by atoms with E-state index in [0.717, 1.165) is 10.7 Å². The van der Waals surface area contributed by atoms with E-state index in [4.69, 9.17) is 0 Å². The van der Waals surface area contributed by atoms with Crippen molar-refractivity contribution in [2.45, 2.75) is 31.5 Å². The van der Waals surface area contributed by atoms with Crippen LogP contribution in [0.25, 0.3) is 10.7 Å². The van der Waals surface area contributed by atoms with Gasteiger partial charge in [0.2, 0.25) is 0 Å². The van der Waals surface area contributed by atoms with Crippen LogP contribution in [0.2, 0.25) is 0 Å². The fraction of sp³-hybridized carbons (Fsp3) is 0.385. The van der Waals surface area contributed by atoms with Gasteiger partial charge in [-0.05, 0) is 24.3 Å². The molecule has 1 aliphatic rings.